The normalized spacial score (nSPS) is 11.4. The predicted octanol–water partition coefficient (Wildman–Crippen LogP) is 2.77. The summed E-state index contributed by atoms with van der Waals surface area (Å²) in [6.45, 7) is 12.6. The summed E-state index contributed by atoms with van der Waals surface area (Å²) >= 11 is 3.62. The number of hydrogen-bond donors (Lipinski definition) is 0. The van der Waals surface area contributed by atoms with E-state index < -0.39 is 0 Å². The molecule has 0 amide bonds. The molecule has 0 heterocycles. The van der Waals surface area contributed by atoms with Gasteiger partial charge in [-0.3, -0.25) is 0 Å². The van der Waals surface area contributed by atoms with E-state index in [2.05, 4.69) is 36.7 Å². The molecule has 0 spiro atoms. The van der Waals surface area contributed by atoms with Crippen molar-refractivity contribution in [2.24, 2.45) is 0 Å². The molecule has 0 aliphatic heterocycles. The SMILES string of the molecule is CCCCC[N+](CCCC)(CCCBr)CCCCC.[Cl-]. The standard InChI is InChI=1S/C17H37BrN.ClH/c1-4-7-10-15-19(14-9-6-3,17-12-13-18)16-11-8-5-2;/h4-17H2,1-3H3;1H/q+1;/p-1. The molecule has 3 heteroatoms. The molecule has 0 saturated carbocycles. The Morgan fingerprint density at radius 3 is 1.40 bits per heavy atom. The van der Waals surface area contributed by atoms with Gasteiger partial charge in [0, 0.05) is 11.8 Å². The van der Waals surface area contributed by atoms with Crippen molar-refractivity contribution in [3.05, 3.63) is 0 Å². The second-order valence-electron chi connectivity index (χ2n) is 6.05. The van der Waals surface area contributed by atoms with Crippen molar-refractivity contribution >= 4 is 15.9 Å². The maximum atomic E-state index is 3.62. The highest BCUT2D eigenvalue weighted by molar-refractivity contribution is 9.09. The van der Waals surface area contributed by atoms with E-state index in [-0.39, 0.29) is 12.4 Å². The summed E-state index contributed by atoms with van der Waals surface area (Å²) in [5.74, 6) is 0. The zero-order valence-electron chi connectivity index (χ0n) is 14.1. The number of quaternary nitrogens is 1. The van der Waals surface area contributed by atoms with Crippen molar-refractivity contribution in [2.75, 3.05) is 31.5 Å². The second kappa shape index (κ2) is 16.1. The van der Waals surface area contributed by atoms with Crippen molar-refractivity contribution in [2.45, 2.75) is 78.6 Å². The number of rotatable bonds is 14. The average Bonchev–Trinajstić information content (AvgIpc) is 2.43. The minimum atomic E-state index is 0. The fourth-order valence-corrected chi connectivity index (χ4v) is 3.20. The number of hydrogen-bond acceptors (Lipinski definition) is 0. The van der Waals surface area contributed by atoms with E-state index in [1.807, 2.05) is 0 Å². The molecule has 0 rings (SSSR count). The Bertz CT molecular complexity index is 168. The van der Waals surface area contributed by atoms with Crippen molar-refractivity contribution in [1.82, 2.24) is 0 Å². The summed E-state index contributed by atoms with van der Waals surface area (Å²) in [4.78, 5) is 0. The van der Waals surface area contributed by atoms with Crippen LogP contribution in [0.3, 0.4) is 0 Å². The van der Waals surface area contributed by atoms with Crippen molar-refractivity contribution in [1.29, 1.82) is 0 Å². The summed E-state index contributed by atoms with van der Waals surface area (Å²) in [6.07, 6.45) is 12.5. The Balaban J connectivity index is 0. The number of alkyl halides is 1. The molecular formula is C17H37BrClN. The third-order valence-electron chi connectivity index (χ3n) is 4.22. The lowest BCUT2D eigenvalue weighted by Crippen LogP contribution is -3.00. The van der Waals surface area contributed by atoms with Crippen molar-refractivity contribution < 1.29 is 16.9 Å². The first-order valence-corrected chi connectivity index (χ1v) is 9.77. The first kappa shape index (κ1) is 23.0. The van der Waals surface area contributed by atoms with Gasteiger partial charge in [-0.2, -0.15) is 0 Å². The van der Waals surface area contributed by atoms with Crippen molar-refractivity contribution in [3.63, 3.8) is 0 Å². The van der Waals surface area contributed by atoms with E-state index in [4.69, 9.17) is 0 Å². The molecule has 0 aliphatic rings. The Morgan fingerprint density at radius 2 is 1.00 bits per heavy atom. The predicted molar refractivity (Wildman–Crippen MR) is 92.1 cm³/mol. The summed E-state index contributed by atoms with van der Waals surface area (Å²) in [7, 11) is 0. The van der Waals surface area contributed by atoms with Crippen molar-refractivity contribution in [3.8, 4) is 0 Å². The highest BCUT2D eigenvalue weighted by atomic mass is 79.9. The van der Waals surface area contributed by atoms with E-state index >= 15 is 0 Å². The van der Waals surface area contributed by atoms with Gasteiger partial charge in [-0.15, -0.1) is 0 Å². The summed E-state index contributed by atoms with van der Waals surface area (Å²) in [5, 5.41) is 1.17. The Hall–Kier alpha value is 0.730. The summed E-state index contributed by atoms with van der Waals surface area (Å²) in [5.41, 5.74) is 0. The zero-order chi connectivity index (χ0) is 14.4. The minimum Gasteiger partial charge on any atom is -1.00 e. The van der Waals surface area contributed by atoms with E-state index in [0.29, 0.717) is 0 Å². The lowest BCUT2D eigenvalue weighted by atomic mass is 10.1. The highest BCUT2D eigenvalue weighted by Crippen LogP contribution is 2.17. The topological polar surface area (TPSA) is 0 Å². The largest absolute Gasteiger partial charge is 1.00 e. The lowest BCUT2D eigenvalue weighted by Gasteiger charge is -2.39. The van der Waals surface area contributed by atoms with Gasteiger partial charge in [-0.05, 0) is 32.1 Å². The van der Waals surface area contributed by atoms with Crippen LogP contribution in [0.1, 0.15) is 78.6 Å². The second-order valence-corrected chi connectivity index (χ2v) is 6.84. The van der Waals surface area contributed by atoms with Crippen LogP contribution in [0.15, 0.2) is 0 Å². The van der Waals surface area contributed by atoms with Crippen LogP contribution in [0, 0.1) is 0 Å². The van der Waals surface area contributed by atoms with Crippen LogP contribution in [0.4, 0.5) is 0 Å². The highest BCUT2D eigenvalue weighted by Gasteiger charge is 2.25. The van der Waals surface area contributed by atoms with Gasteiger partial charge in [-0.25, -0.2) is 0 Å². The third-order valence-corrected chi connectivity index (χ3v) is 4.78. The molecule has 1 nitrogen and oxygen atoms in total. The van der Waals surface area contributed by atoms with Gasteiger partial charge in [0.1, 0.15) is 0 Å². The summed E-state index contributed by atoms with van der Waals surface area (Å²) < 4.78 is 1.40. The molecule has 0 saturated heterocycles. The van der Waals surface area contributed by atoms with Crippen LogP contribution in [0.25, 0.3) is 0 Å². The smallest absolute Gasteiger partial charge is 0.0794 e. The van der Waals surface area contributed by atoms with Gasteiger partial charge in [0.15, 0.2) is 0 Å². The van der Waals surface area contributed by atoms with Gasteiger partial charge in [0.05, 0.1) is 26.2 Å². The quantitative estimate of drug-likeness (QED) is 0.250. The van der Waals surface area contributed by atoms with E-state index in [1.165, 1.54) is 93.8 Å². The maximum Gasteiger partial charge on any atom is 0.0794 e. The molecule has 20 heavy (non-hydrogen) atoms. The van der Waals surface area contributed by atoms with Gasteiger partial charge in [-0.1, -0.05) is 56.0 Å². The molecule has 0 N–H and O–H groups in total. The molecule has 124 valence electrons. The average molecular weight is 371 g/mol. The third kappa shape index (κ3) is 11.4. The Kier molecular flexibility index (Phi) is 18.5. The molecule has 0 bridgehead atoms. The molecule has 0 aliphatic carbocycles. The first-order valence-electron chi connectivity index (χ1n) is 8.65. The Morgan fingerprint density at radius 1 is 0.600 bits per heavy atom. The fourth-order valence-electron chi connectivity index (χ4n) is 2.95. The maximum absolute atomic E-state index is 3.62. The van der Waals surface area contributed by atoms with Crippen LogP contribution < -0.4 is 12.4 Å². The van der Waals surface area contributed by atoms with Crippen LogP contribution in [0.5, 0.6) is 0 Å². The van der Waals surface area contributed by atoms with E-state index in [1.54, 1.807) is 0 Å². The first-order chi connectivity index (χ1) is 9.24. The van der Waals surface area contributed by atoms with E-state index in [0.717, 1.165) is 0 Å². The number of nitrogens with zero attached hydrogens (tertiary/aromatic N) is 1. The van der Waals surface area contributed by atoms with Gasteiger partial charge in [0.25, 0.3) is 0 Å². The minimum absolute atomic E-state index is 0. The number of unbranched alkanes of at least 4 members (excludes halogenated alkanes) is 5. The molecule has 0 atom stereocenters. The van der Waals surface area contributed by atoms with Crippen LogP contribution in [-0.2, 0) is 0 Å². The summed E-state index contributed by atoms with van der Waals surface area (Å²) in [6, 6.07) is 0. The lowest BCUT2D eigenvalue weighted by molar-refractivity contribution is -0.928. The van der Waals surface area contributed by atoms with Gasteiger partial charge < -0.3 is 16.9 Å². The van der Waals surface area contributed by atoms with Gasteiger partial charge in [0.2, 0.25) is 0 Å². The molecule has 0 radical (unpaired) electrons. The van der Waals surface area contributed by atoms with Crippen LogP contribution in [0.2, 0.25) is 0 Å². The van der Waals surface area contributed by atoms with Crippen LogP contribution >= 0.6 is 15.9 Å². The molecule has 0 aromatic heterocycles. The molecular weight excluding hydrogens is 334 g/mol. The van der Waals surface area contributed by atoms with Gasteiger partial charge >= 0.3 is 0 Å². The fraction of sp³-hybridized carbons (Fsp3) is 1.00. The zero-order valence-corrected chi connectivity index (χ0v) is 16.4. The monoisotopic (exact) mass is 369 g/mol. The molecule has 0 fully saturated rings. The van der Waals surface area contributed by atoms with E-state index in [9.17, 15) is 0 Å². The molecule has 0 unspecified atom stereocenters. The Labute approximate surface area is 143 Å². The molecule has 0 aromatic carbocycles. The van der Waals surface area contributed by atoms with Crippen LogP contribution in [-0.4, -0.2) is 36.0 Å². The number of halogens is 2. The molecule has 0 aromatic rings.